The molecule has 0 saturated carbocycles. The van der Waals surface area contributed by atoms with Crippen molar-refractivity contribution >= 4 is 11.4 Å². The van der Waals surface area contributed by atoms with Crippen molar-refractivity contribution in [2.75, 3.05) is 25.0 Å². The predicted molar refractivity (Wildman–Crippen MR) is 102 cm³/mol. The first-order valence-corrected chi connectivity index (χ1v) is 8.89. The first-order chi connectivity index (χ1) is 13.0. The molecule has 1 N–H and O–H groups in total. The lowest BCUT2D eigenvalue weighted by Crippen LogP contribution is -2.40. The van der Waals surface area contributed by atoms with Gasteiger partial charge >= 0.3 is 0 Å². The molecule has 1 aliphatic heterocycles. The van der Waals surface area contributed by atoms with Crippen LogP contribution in [-0.2, 0) is 17.8 Å². The lowest BCUT2D eigenvalue weighted by molar-refractivity contribution is -0.384. The number of hydrogen-bond donors (Lipinski definition) is 1. The van der Waals surface area contributed by atoms with E-state index in [4.69, 9.17) is 10.00 Å². The number of nitriles is 1. The molecule has 0 radical (unpaired) electrons. The minimum atomic E-state index is -0.473. The number of nitrogens with one attached hydrogen (secondary N) is 1. The van der Waals surface area contributed by atoms with E-state index < -0.39 is 4.92 Å². The van der Waals surface area contributed by atoms with Gasteiger partial charge in [0.1, 0.15) is 5.69 Å². The Morgan fingerprint density at radius 2 is 2.15 bits per heavy atom. The Hall–Kier alpha value is -2.95. The lowest BCUT2D eigenvalue weighted by atomic mass is 10.1. The van der Waals surface area contributed by atoms with Gasteiger partial charge in [0.15, 0.2) is 0 Å². The zero-order valence-corrected chi connectivity index (χ0v) is 15.2. The summed E-state index contributed by atoms with van der Waals surface area (Å²) in [6, 6.07) is 14.6. The van der Waals surface area contributed by atoms with Crippen molar-refractivity contribution in [3.63, 3.8) is 0 Å². The molecule has 0 spiro atoms. The summed E-state index contributed by atoms with van der Waals surface area (Å²) in [4.78, 5) is 13.1. The van der Waals surface area contributed by atoms with E-state index in [2.05, 4.69) is 29.3 Å². The van der Waals surface area contributed by atoms with Gasteiger partial charge in [-0.05, 0) is 30.2 Å². The smallest absolute Gasteiger partial charge is 0.293 e. The molecule has 140 valence electrons. The van der Waals surface area contributed by atoms with Crippen molar-refractivity contribution in [1.82, 2.24) is 4.90 Å². The van der Waals surface area contributed by atoms with Gasteiger partial charge in [-0.3, -0.25) is 15.0 Å². The highest BCUT2D eigenvalue weighted by atomic mass is 16.6. The van der Waals surface area contributed by atoms with E-state index in [9.17, 15) is 10.1 Å². The first-order valence-electron chi connectivity index (χ1n) is 8.89. The van der Waals surface area contributed by atoms with Crippen molar-refractivity contribution in [3.8, 4) is 6.07 Å². The molecule has 0 aliphatic carbocycles. The van der Waals surface area contributed by atoms with Crippen molar-refractivity contribution in [2.45, 2.75) is 26.1 Å². The number of nitro groups is 1. The maximum atomic E-state index is 11.2. The Bertz CT molecular complexity index is 863. The van der Waals surface area contributed by atoms with Crippen LogP contribution in [0.5, 0.6) is 0 Å². The highest BCUT2D eigenvalue weighted by molar-refractivity contribution is 5.64. The van der Waals surface area contributed by atoms with Gasteiger partial charge in [-0.1, -0.05) is 24.3 Å². The van der Waals surface area contributed by atoms with Gasteiger partial charge in [0, 0.05) is 32.2 Å². The molecule has 1 heterocycles. The largest absolute Gasteiger partial charge is 0.376 e. The van der Waals surface area contributed by atoms with Crippen LogP contribution in [0.1, 0.15) is 23.6 Å². The monoisotopic (exact) mass is 366 g/mol. The van der Waals surface area contributed by atoms with Gasteiger partial charge in [-0.25, -0.2) is 0 Å². The second kappa shape index (κ2) is 8.62. The molecule has 0 bridgehead atoms. The summed E-state index contributed by atoms with van der Waals surface area (Å²) in [5.74, 6) is 0. The minimum Gasteiger partial charge on any atom is -0.376 e. The maximum absolute atomic E-state index is 11.2. The molecule has 2 aromatic carbocycles. The third kappa shape index (κ3) is 5.03. The van der Waals surface area contributed by atoms with E-state index in [1.54, 1.807) is 12.1 Å². The van der Waals surface area contributed by atoms with Gasteiger partial charge in [0.2, 0.25) is 0 Å². The summed E-state index contributed by atoms with van der Waals surface area (Å²) in [7, 11) is 0. The number of morpholine rings is 1. The van der Waals surface area contributed by atoms with Gasteiger partial charge in [-0.15, -0.1) is 0 Å². The summed E-state index contributed by atoms with van der Waals surface area (Å²) < 4.78 is 5.58. The van der Waals surface area contributed by atoms with Gasteiger partial charge in [-0.2, -0.15) is 5.26 Å². The summed E-state index contributed by atoms with van der Waals surface area (Å²) in [6.07, 6.45) is 0.250. The molecule has 27 heavy (non-hydrogen) atoms. The van der Waals surface area contributed by atoms with E-state index in [-0.39, 0.29) is 17.4 Å². The van der Waals surface area contributed by atoms with Crippen molar-refractivity contribution in [1.29, 1.82) is 5.26 Å². The van der Waals surface area contributed by atoms with Crippen LogP contribution in [0.4, 0.5) is 11.4 Å². The van der Waals surface area contributed by atoms with Crippen LogP contribution in [-0.4, -0.2) is 35.6 Å². The standard InChI is InChI=1S/C20H22N4O3/c1-15-13-23(7-8-27-15)14-18-4-2-3-17(9-18)12-22-19-6-5-16(11-21)10-20(19)24(25)26/h2-6,9-10,15,22H,7-8,12-14H2,1H3. The molecule has 1 fully saturated rings. The molecule has 1 atom stereocenters. The van der Waals surface area contributed by atoms with E-state index in [1.165, 1.54) is 11.6 Å². The molecule has 7 nitrogen and oxygen atoms in total. The summed E-state index contributed by atoms with van der Waals surface area (Å²) in [6.45, 7) is 6.00. The highest BCUT2D eigenvalue weighted by Crippen LogP contribution is 2.26. The fourth-order valence-electron chi connectivity index (χ4n) is 3.23. The Kier molecular flexibility index (Phi) is 6.01. The number of nitro benzene ring substituents is 1. The van der Waals surface area contributed by atoms with Crippen LogP contribution in [0.2, 0.25) is 0 Å². The lowest BCUT2D eigenvalue weighted by Gasteiger charge is -2.31. The Balaban J connectivity index is 1.67. The van der Waals surface area contributed by atoms with E-state index >= 15 is 0 Å². The molecule has 7 heteroatoms. The van der Waals surface area contributed by atoms with Gasteiger partial charge in [0.25, 0.3) is 5.69 Å². The molecule has 0 amide bonds. The summed E-state index contributed by atoms with van der Waals surface area (Å²) >= 11 is 0. The fraction of sp³-hybridized carbons (Fsp3) is 0.350. The average molecular weight is 366 g/mol. The van der Waals surface area contributed by atoms with Crippen molar-refractivity contribution in [2.24, 2.45) is 0 Å². The third-order valence-electron chi connectivity index (χ3n) is 4.53. The number of ether oxygens (including phenoxy) is 1. The molecule has 2 aromatic rings. The Labute approximate surface area is 158 Å². The maximum Gasteiger partial charge on any atom is 0.293 e. The molecular weight excluding hydrogens is 344 g/mol. The number of anilines is 1. The fourth-order valence-corrected chi connectivity index (χ4v) is 3.23. The SMILES string of the molecule is CC1CN(Cc2cccc(CNc3ccc(C#N)cc3[N+](=O)[O-])c2)CCO1. The zero-order chi connectivity index (χ0) is 19.2. The van der Waals surface area contributed by atoms with Crippen LogP contribution in [0.15, 0.2) is 42.5 Å². The number of benzene rings is 2. The van der Waals surface area contributed by atoms with Crippen LogP contribution in [0.25, 0.3) is 0 Å². The van der Waals surface area contributed by atoms with Crippen molar-refractivity contribution in [3.05, 3.63) is 69.3 Å². The van der Waals surface area contributed by atoms with Crippen LogP contribution >= 0.6 is 0 Å². The zero-order valence-electron chi connectivity index (χ0n) is 15.2. The van der Waals surface area contributed by atoms with E-state index in [1.807, 2.05) is 18.2 Å². The molecular formula is C20H22N4O3. The number of nitrogens with zero attached hydrogens (tertiary/aromatic N) is 3. The third-order valence-corrected chi connectivity index (χ3v) is 4.53. The first kappa shape index (κ1) is 18.8. The topological polar surface area (TPSA) is 91.4 Å². The quantitative estimate of drug-likeness (QED) is 0.623. The summed E-state index contributed by atoms with van der Waals surface area (Å²) in [5.41, 5.74) is 2.85. The molecule has 1 unspecified atom stereocenters. The Morgan fingerprint density at radius 3 is 2.89 bits per heavy atom. The summed E-state index contributed by atoms with van der Waals surface area (Å²) in [5, 5.41) is 23.3. The van der Waals surface area contributed by atoms with Crippen LogP contribution in [0.3, 0.4) is 0 Å². The number of hydrogen-bond acceptors (Lipinski definition) is 6. The second-order valence-corrected chi connectivity index (χ2v) is 6.69. The van der Waals surface area contributed by atoms with Crippen LogP contribution in [0, 0.1) is 21.4 Å². The van der Waals surface area contributed by atoms with E-state index in [0.29, 0.717) is 12.2 Å². The number of rotatable bonds is 6. The molecule has 3 rings (SSSR count). The van der Waals surface area contributed by atoms with Gasteiger partial charge in [0.05, 0.1) is 29.3 Å². The average Bonchev–Trinajstić information content (AvgIpc) is 2.66. The second-order valence-electron chi connectivity index (χ2n) is 6.69. The molecule has 1 saturated heterocycles. The Morgan fingerprint density at radius 1 is 1.33 bits per heavy atom. The van der Waals surface area contributed by atoms with Gasteiger partial charge < -0.3 is 10.1 Å². The molecule has 1 aliphatic rings. The normalized spacial score (nSPS) is 17.3. The predicted octanol–water partition coefficient (Wildman–Crippen LogP) is 3.30. The van der Waals surface area contributed by atoms with E-state index in [0.717, 1.165) is 31.8 Å². The van der Waals surface area contributed by atoms with Crippen molar-refractivity contribution < 1.29 is 9.66 Å². The minimum absolute atomic E-state index is 0.0903. The molecule has 0 aromatic heterocycles. The highest BCUT2D eigenvalue weighted by Gasteiger charge is 2.17. The van der Waals surface area contributed by atoms with Crippen LogP contribution < -0.4 is 5.32 Å².